The smallest absolute Gasteiger partial charge is 0.307 e. The van der Waals surface area contributed by atoms with E-state index in [2.05, 4.69) is 19.9 Å². The van der Waals surface area contributed by atoms with Crippen LogP contribution in [0.4, 0.5) is 0 Å². The Morgan fingerprint density at radius 2 is 2.29 bits per heavy atom. The molecule has 1 aliphatic rings. The summed E-state index contributed by atoms with van der Waals surface area (Å²) in [5.74, 6) is -0.419. The number of rotatable bonds is 4. The molecule has 2 heterocycles. The minimum absolute atomic E-state index is 0.0416. The van der Waals surface area contributed by atoms with Crippen LogP contribution >= 0.6 is 0 Å². The zero-order chi connectivity index (χ0) is 15.7. The molecule has 0 aliphatic carbocycles. The van der Waals surface area contributed by atoms with Crippen molar-refractivity contribution in [3.05, 3.63) is 6.33 Å². The number of nitrogens with zero attached hydrogens (tertiary/aromatic N) is 3. The Morgan fingerprint density at radius 3 is 2.86 bits per heavy atom. The minimum Gasteiger partial charge on any atom is -0.469 e. The first-order valence-electron chi connectivity index (χ1n) is 6.70. The fourth-order valence-electron chi connectivity index (χ4n) is 2.52. The highest BCUT2D eigenvalue weighted by Gasteiger charge is 2.42. The summed E-state index contributed by atoms with van der Waals surface area (Å²) in [4.78, 5) is 15.3. The minimum atomic E-state index is -3.80. The SMILES string of the molecule is COC(=O)CC1CCC(C)(C)CN1S(=O)(=O)c1ncn[nH]1. The van der Waals surface area contributed by atoms with Crippen LogP contribution in [0.5, 0.6) is 0 Å². The molecule has 0 saturated carbocycles. The van der Waals surface area contributed by atoms with Crippen LogP contribution in [-0.4, -0.2) is 53.6 Å². The van der Waals surface area contributed by atoms with Gasteiger partial charge >= 0.3 is 5.97 Å². The third-order valence-corrected chi connectivity index (χ3v) is 5.45. The van der Waals surface area contributed by atoms with E-state index in [4.69, 9.17) is 0 Å². The second-order valence-electron chi connectivity index (χ2n) is 5.98. The highest BCUT2D eigenvalue weighted by atomic mass is 32.2. The zero-order valence-electron chi connectivity index (χ0n) is 12.4. The maximum Gasteiger partial charge on any atom is 0.307 e. The maximum absolute atomic E-state index is 12.7. The summed E-state index contributed by atoms with van der Waals surface area (Å²) in [6.07, 6.45) is 2.64. The first-order valence-corrected chi connectivity index (χ1v) is 8.14. The summed E-state index contributed by atoms with van der Waals surface area (Å²) in [6.45, 7) is 4.34. The molecule has 118 valence electrons. The Morgan fingerprint density at radius 1 is 1.57 bits per heavy atom. The topological polar surface area (TPSA) is 105 Å². The van der Waals surface area contributed by atoms with Crippen LogP contribution < -0.4 is 0 Å². The van der Waals surface area contributed by atoms with Gasteiger partial charge in [0.15, 0.2) is 0 Å². The lowest BCUT2D eigenvalue weighted by molar-refractivity contribution is -0.142. The molecular weight excluding hydrogens is 296 g/mol. The molecule has 8 nitrogen and oxygen atoms in total. The highest BCUT2D eigenvalue weighted by molar-refractivity contribution is 7.89. The summed E-state index contributed by atoms with van der Waals surface area (Å²) in [6, 6.07) is -0.416. The number of H-pyrrole nitrogens is 1. The molecule has 1 N–H and O–H groups in total. The Labute approximate surface area is 123 Å². The van der Waals surface area contributed by atoms with Crippen molar-refractivity contribution in [3.63, 3.8) is 0 Å². The van der Waals surface area contributed by atoms with Gasteiger partial charge in [-0.3, -0.25) is 4.79 Å². The normalized spacial score (nSPS) is 22.9. The summed E-state index contributed by atoms with van der Waals surface area (Å²) in [5.41, 5.74) is -0.153. The molecule has 1 atom stereocenters. The van der Waals surface area contributed by atoms with E-state index in [0.717, 1.165) is 12.7 Å². The van der Waals surface area contributed by atoms with Crippen molar-refractivity contribution in [3.8, 4) is 0 Å². The molecule has 2 rings (SSSR count). The number of sulfonamides is 1. The third kappa shape index (κ3) is 3.41. The largest absolute Gasteiger partial charge is 0.469 e. The fraction of sp³-hybridized carbons (Fsp3) is 0.750. The van der Waals surface area contributed by atoms with Crippen LogP contribution in [0.25, 0.3) is 0 Å². The number of carbonyl (C=O) groups is 1. The first-order chi connectivity index (χ1) is 9.76. The summed E-state index contributed by atoms with van der Waals surface area (Å²) in [7, 11) is -2.50. The van der Waals surface area contributed by atoms with Crippen molar-refractivity contribution in [1.29, 1.82) is 0 Å². The van der Waals surface area contributed by atoms with E-state index in [1.165, 1.54) is 11.4 Å². The zero-order valence-corrected chi connectivity index (χ0v) is 13.2. The molecule has 1 aromatic heterocycles. The van der Waals surface area contributed by atoms with E-state index < -0.39 is 22.0 Å². The Balaban J connectivity index is 2.31. The molecule has 0 radical (unpaired) electrons. The first kappa shape index (κ1) is 15.9. The fourth-order valence-corrected chi connectivity index (χ4v) is 4.18. The predicted molar refractivity (Wildman–Crippen MR) is 73.7 cm³/mol. The van der Waals surface area contributed by atoms with Crippen molar-refractivity contribution < 1.29 is 17.9 Å². The van der Waals surface area contributed by atoms with Crippen LogP contribution in [-0.2, 0) is 19.6 Å². The highest BCUT2D eigenvalue weighted by Crippen LogP contribution is 2.35. The Bertz CT molecular complexity index is 597. The molecule has 0 bridgehead atoms. The lowest BCUT2D eigenvalue weighted by Gasteiger charge is -2.41. The Hall–Kier alpha value is -1.48. The quantitative estimate of drug-likeness (QED) is 0.813. The molecule has 0 aromatic carbocycles. The maximum atomic E-state index is 12.7. The van der Waals surface area contributed by atoms with Gasteiger partial charge < -0.3 is 4.74 Å². The van der Waals surface area contributed by atoms with Gasteiger partial charge in [-0.05, 0) is 18.3 Å². The number of hydrogen-bond donors (Lipinski definition) is 1. The van der Waals surface area contributed by atoms with Crippen molar-refractivity contribution in [2.75, 3.05) is 13.7 Å². The number of hydrogen-bond acceptors (Lipinski definition) is 6. The van der Waals surface area contributed by atoms with Gasteiger partial charge in [0.2, 0.25) is 0 Å². The van der Waals surface area contributed by atoms with Crippen molar-refractivity contribution in [1.82, 2.24) is 19.5 Å². The lowest BCUT2D eigenvalue weighted by Crippen LogP contribution is -2.50. The van der Waals surface area contributed by atoms with Crippen LogP contribution in [0.15, 0.2) is 11.5 Å². The van der Waals surface area contributed by atoms with Crippen molar-refractivity contribution in [2.24, 2.45) is 5.41 Å². The van der Waals surface area contributed by atoms with Crippen molar-refractivity contribution in [2.45, 2.75) is 44.3 Å². The van der Waals surface area contributed by atoms with Gasteiger partial charge in [-0.25, -0.2) is 18.5 Å². The lowest BCUT2D eigenvalue weighted by atomic mass is 9.82. The number of esters is 1. The molecule has 0 spiro atoms. The van der Waals surface area contributed by atoms with Gasteiger partial charge in [-0.1, -0.05) is 13.8 Å². The second-order valence-corrected chi connectivity index (χ2v) is 7.78. The molecule has 21 heavy (non-hydrogen) atoms. The van der Waals surface area contributed by atoms with E-state index >= 15 is 0 Å². The van der Waals surface area contributed by atoms with Gasteiger partial charge in [0.1, 0.15) is 6.33 Å². The Kier molecular flexibility index (Phi) is 4.33. The van der Waals surface area contributed by atoms with E-state index in [1.807, 2.05) is 13.8 Å². The average Bonchev–Trinajstić information content (AvgIpc) is 2.95. The standard InChI is InChI=1S/C12H20N4O4S/c1-12(2)5-4-9(6-10(17)20-3)16(7-12)21(18,19)11-13-8-14-15-11/h8-9H,4-7H2,1-3H3,(H,13,14,15). The van der Waals surface area contributed by atoms with Crippen molar-refractivity contribution >= 4 is 16.0 Å². The van der Waals surface area contributed by atoms with Crippen LogP contribution in [0.1, 0.15) is 33.1 Å². The summed E-state index contributed by atoms with van der Waals surface area (Å²) >= 11 is 0. The van der Waals surface area contributed by atoms with E-state index in [9.17, 15) is 13.2 Å². The monoisotopic (exact) mass is 316 g/mol. The molecule has 1 unspecified atom stereocenters. The number of carbonyl (C=O) groups excluding carboxylic acids is 1. The molecule has 1 aliphatic heterocycles. The number of nitrogens with one attached hydrogen (secondary N) is 1. The molecule has 1 aromatic rings. The number of ether oxygens (including phenoxy) is 1. The molecule has 0 amide bonds. The summed E-state index contributed by atoms with van der Waals surface area (Å²) in [5, 5.41) is 5.77. The molecule has 1 fully saturated rings. The third-order valence-electron chi connectivity index (χ3n) is 3.72. The number of aromatic nitrogens is 3. The van der Waals surface area contributed by atoms with Gasteiger partial charge in [-0.15, -0.1) is 0 Å². The van der Waals surface area contributed by atoms with Crippen LogP contribution in [0.3, 0.4) is 0 Å². The van der Waals surface area contributed by atoms with E-state index in [0.29, 0.717) is 13.0 Å². The van der Waals surface area contributed by atoms with E-state index in [1.54, 1.807) is 0 Å². The van der Waals surface area contributed by atoms with Gasteiger partial charge in [-0.2, -0.15) is 9.40 Å². The second kappa shape index (κ2) is 5.72. The van der Waals surface area contributed by atoms with Crippen LogP contribution in [0, 0.1) is 5.41 Å². The number of piperidine rings is 1. The predicted octanol–water partition coefficient (Wildman–Crippen LogP) is 0.547. The number of aromatic amines is 1. The summed E-state index contributed by atoms with van der Waals surface area (Å²) < 4.78 is 31.3. The molecular formula is C12H20N4O4S. The van der Waals surface area contributed by atoms with Crippen LogP contribution in [0.2, 0.25) is 0 Å². The molecule has 9 heteroatoms. The average molecular weight is 316 g/mol. The van der Waals surface area contributed by atoms with Gasteiger partial charge in [0.25, 0.3) is 15.2 Å². The van der Waals surface area contributed by atoms with E-state index in [-0.39, 0.29) is 17.0 Å². The molecule has 1 saturated heterocycles. The number of methoxy groups -OCH3 is 1. The van der Waals surface area contributed by atoms with Gasteiger partial charge in [0, 0.05) is 12.6 Å². The van der Waals surface area contributed by atoms with Gasteiger partial charge in [0.05, 0.1) is 13.5 Å².